The largest absolute Gasteiger partial charge is 0.481 e. The number of carbonyl (C=O) groups is 2. The first kappa shape index (κ1) is 21.6. The lowest BCUT2D eigenvalue weighted by Crippen LogP contribution is -2.28. The van der Waals surface area contributed by atoms with Crippen molar-refractivity contribution in [3.63, 3.8) is 0 Å². The van der Waals surface area contributed by atoms with Gasteiger partial charge < -0.3 is 13.7 Å². The average molecular weight is 505 g/mol. The van der Waals surface area contributed by atoms with Gasteiger partial charge in [0.2, 0.25) is 11.8 Å². The number of likely N-dealkylation sites (tertiary alicyclic amines) is 1. The SMILES string of the molecule is O=C1CCC(=O)N1Cc1cc2ncnc(-c3cc(Cl)cc4c3O[C@@H](c3onc5c3CCCC5)C4)c2o1. The van der Waals surface area contributed by atoms with Gasteiger partial charge in [0.1, 0.15) is 29.0 Å². The maximum absolute atomic E-state index is 12.1. The highest BCUT2D eigenvalue weighted by molar-refractivity contribution is 6.31. The molecule has 9 nitrogen and oxygen atoms in total. The van der Waals surface area contributed by atoms with E-state index in [1.54, 1.807) is 12.1 Å². The number of nitrogens with zero attached hydrogens (tertiary/aromatic N) is 4. The summed E-state index contributed by atoms with van der Waals surface area (Å²) in [4.78, 5) is 34.2. The molecule has 1 atom stereocenters. The molecule has 0 spiro atoms. The van der Waals surface area contributed by atoms with Gasteiger partial charge in [-0.2, -0.15) is 0 Å². The number of fused-ring (bicyclic) bond motifs is 3. The van der Waals surface area contributed by atoms with E-state index in [1.165, 1.54) is 11.2 Å². The quantitative estimate of drug-likeness (QED) is 0.366. The Morgan fingerprint density at radius 2 is 1.86 bits per heavy atom. The van der Waals surface area contributed by atoms with Gasteiger partial charge in [0.05, 0.1) is 12.2 Å². The van der Waals surface area contributed by atoms with E-state index in [1.807, 2.05) is 6.07 Å². The van der Waals surface area contributed by atoms with Gasteiger partial charge in [-0.15, -0.1) is 0 Å². The predicted molar refractivity (Wildman–Crippen MR) is 127 cm³/mol. The van der Waals surface area contributed by atoms with Gasteiger partial charge in [-0.25, -0.2) is 9.97 Å². The Labute approximate surface area is 210 Å². The lowest BCUT2D eigenvalue weighted by atomic mass is 9.93. The summed E-state index contributed by atoms with van der Waals surface area (Å²) in [7, 11) is 0. The van der Waals surface area contributed by atoms with Crippen molar-refractivity contribution in [2.75, 3.05) is 0 Å². The van der Waals surface area contributed by atoms with Gasteiger partial charge in [0.15, 0.2) is 17.4 Å². The number of hydrogen-bond acceptors (Lipinski definition) is 8. The standard InChI is InChI=1S/C26H21ClN4O5/c27-14-7-13-8-20(25-16-3-1-2-4-18(16)30-36-25)35-24(13)17(9-14)23-26-19(28-12-29-23)10-15(34-26)11-31-21(32)5-6-22(31)33/h7,9-10,12,20H,1-6,8,11H2/t20-/m1/s1. The number of hydrogen-bond donors (Lipinski definition) is 0. The summed E-state index contributed by atoms with van der Waals surface area (Å²) < 4.78 is 18.3. The molecule has 0 saturated carbocycles. The lowest BCUT2D eigenvalue weighted by Gasteiger charge is -2.14. The van der Waals surface area contributed by atoms with Crippen LogP contribution in [0.2, 0.25) is 5.02 Å². The molecule has 0 unspecified atom stereocenters. The third kappa shape index (κ3) is 3.41. The van der Waals surface area contributed by atoms with Crippen LogP contribution in [0.5, 0.6) is 5.75 Å². The number of benzene rings is 1. The predicted octanol–water partition coefficient (Wildman–Crippen LogP) is 4.74. The van der Waals surface area contributed by atoms with E-state index in [2.05, 4.69) is 15.1 Å². The minimum Gasteiger partial charge on any atom is -0.481 e. The summed E-state index contributed by atoms with van der Waals surface area (Å²) in [5.41, 5.74) is 5.39. The molecule has 36 heavy (non-hydrogen) atoms. The summed E-state index contributed by atoms with van der Waals surface area (Å²) in [5, 5.41) is 4.85. The molecule has 0 N–H and O–H groups in total. The van der Waals surface area contributed by atoms with Crippen molar-refractivity contribution in [2.45, 2.75) is 57.6 Å². The molecule has 10 heteroatoms. The smallest absolute Gasteiger partial charge is 0.230 e. The number of carbonyl (C=O) groups excluding carboxylic acids is 2. The fraction of sp³-hybridized carbons (Fsp3) is 0.346. The van der Waals surface area contributed by atoms with Crippen molar-refractivity contribution in [1.29, 1.82) is 0 Å². The number of halogens is 1. The van der Waals surface area contributed by atoms with Crippen LogP contribution >= 0.6 is 11.6 Å². The highest BCUT2D eigenvalue weighted by Crippen LogP contribution is 2.47. The van der Waals surface area contributed by atoms with Crippen molar-refractivity contribution in [1.82, 2.24) is 20.0 Å². The fourth-order valence-corrected chi connectivity index (χ4v) is 5.68. The molecule has 1 aromatic carbocycles. The summed E-state index contributed by atoms with van der Waals surface area (Å²) in [5.74, 6) is 1.52. The monoisotopic (exact) mass is 504 g/mol. The Hall–Kier alpha value is -3.72. The van der Waals surface area contributed by atoms with Crippen LogP contribution in [0.15, 0.2) is 33.5 Å². The topological polar surface area (TPSA) is 112 Å². The lowest BCUT2D eigenvalue weighted by molar-refractivity contribution is -0.139. The second-order valence-corrected chi connectivity index (χ2v) is 9.89. The average Bonchev–Trinajstić information content (AvgIpc) is 3.65. The zero-order valence-electron chi connectivity index (χ0n) is 19.3. The molecule has 1 fully saturated rings. The number of aromatic nitrogens is 3. The number of ether oxygens (including phenoxy) is 1. The van der Waals surface area contributed by atoms with E-state index in [0.717, 1.165) is 48.3 Å². The first-order valence-corrected chi connectivity index (χ1v) is 12.5. The molecule has 7 rings (SSSR count). The van der Waals surface area contributed by atoms with Gasteiger partial charge in [0.25, 0.3) is 0 Å². The summed E-state index contributed by atoms with van der Waals surface area (Å²) in [6.45, 7) is 0.0658. The fourth-order valence-electron chi connectivity index (χ4n) is 5.44. The van der Waals surface area contributed by atoms with Crippen LogP contribution in [0.4, 0.5) is 0 Å². The molecule has 3 aromatic heterocycles. The van der Waals surface area contributed by atoms with E-state index in [0.29, 0.717) is 45.3 Å². The van der Waals surface area contributed by atoms with Gasteiger partial charge >= 0.3 is 0 Å². The normalized spacial score (nSPS) is 19.1. The van der Waals surface area contributed by atoms with E-state index in [4.69, 9.17) is 25.3 Å². The molecule has 182 valence electrons. The van der Waals surface area contributed by atoms with E-state index in [-0.39, 0.29) is 37.3 Å². The van der Waals surface area contributed by atoms with Gasteiger partial charge in [0, 0.05) is 47.0 Å². The van der Waals surface area contributed by atoms with Crippen LogP contribution in [0.25, 0.3) is 22.4 Å². The number of amides is 2. The first-order chi connectivity index (χ1) is 17.5. The molecular formula is C26H21ClN4O5. The van der Waals surface area contributed by atoms with Crippen molar-refractivity contribution < 1.29 is 23.3 Å². The summed E-state index contributed by atoms with van der Waals surface area (Å²) in [6, 6.07) is 5.44. The summed E-state index contributed by atoms with van der Waals surface area (Å²) >= 11 is 6.52. The van der Waals surface area contributed by atoms with E-state index >= 15 is 0 Å². The third-order valence-electron chi connectivity index (χ3n) is 7.16. The van der Waals surface area contributed by atoms with Crippen molar-refractivity contribution in [2.24, 2.45) is 0 Å². The van der Waals surface area contributed by atoms with E-state index in [9.17, 15) is 9.59 Å². The van der Waals surface area contributed by atoms with Crippen LogP contribution in [0.3, 0.4) is 0 Å². The molecule has 5 heterocycles. The Bertz CT molecular complexity index is 1540. The Kier molecular flexibility index (Phi) is 4.89. The Balaban J connectivity index is 1.27. The van der Waals surface area contributed by atoms with Crippen molar-refractivity contribution in [3.05, 3.63) is 57.9 Å². The first-order valence-electron chi connectivity index (χ1n) is 12.1. The molecule has 2 aliphatic heterocycles. The second-order valence-electron chi connectivity index (χ2n) is 9.45. The van der Waals surface area contributed by atoms with Gasteiger partial charge in [-0.3, -0.25) is 14.5 Å². The minimum atomic E-state index is -0.289. The molecule has 4 aromatic rings. The maximum atomic E-state index is 12.1. The van der Waals surface area contributed by atoms with Crippen molar-refractivity contribution >= 4 is 34.5 Å². The zero-order chi connectivity index (χ0) is 24.4. The Morgan fingerprint density at radius 3 is 2.72 bits per heavy atom. The van der Waals surface area contributed by atoms with Crippen LogP contribution in [-0.4, -0.2) is 31.8 Å². The van der Waals surface area contributed by atoms with E-state index < -0.39 is 0 Å². The van der Waals surface area contributed by atoms with Crippen LogP contribution in [-0.2, 0) is 35.4 Å². The van der Waals surface area contributed by atoms with Crippen LogP contribution < -0.4 is 4.74 Å². The van der Waals surface area contributed by atoms with Gasteiger partial charge in [-0.05, 0) is 37.8 Å². The van der Waals surface area contributed by atoms with Crippen LogP contribution in [0, 0.1) is 0 Å². The number of imide groups is 1. The molecule has 3 aliphatic rings. The molecular weight excluding hydrogens is 484 g/mol. The highest BCUT2D eigenvalue weighted by Gasteiger charge is 2.35. The Morgan fingerprint density at radius 1 is 1.03 bits per heavy atom. The van der Waals surface area contributed by atoms with Crippen LogP contribution in [0.1, 0.15) is 60.1 Å². The maximum Gasteiger partial charge on any atom is 0.230 e. The zero-order valence-corrected chi connectivity index (χ0v) is 20.0. The van der Waals surface area contributed by atoms with Crippen molar-refractivity contribution in [3.8, 4) is 17.0 Å². The highest BCUT2D eigenvalue weighted by atomic mass is 35.5. The molecule has 1 aliphatic carbocycles. The minimum absolute atomic E-state index is 0.0658. The molecule has 2 amide bonds. The number of rotatable bonds is 4. The molecule has 0 bridgehead atoms. The second kappa shape index (κ2) is 8.16. The number of furan rings is 1. The third-order valence-corrected chi connectivity index (χ3v) is 7.38. The molecule has 1 saturated heterocycles. The molecule has 0 radical (unpaired) electrons. The number of aryl methyl sites for hydroxylation is 1. The van der Waals surface area contributed by atoms with Gasteiger partial charge in [-0.1, -0.05) is 16.8 Å². The summed E-state index contributed by atoms with van der Waals surface area (Å²) in [6.07, 6.45) is 6.36.